The van der Waals surface area contributed by atoms with Gasteiger partial charge in [-0.2, -0.15) is 0 Å². The summed E-state index contributed by atoms with van der Waals surface area (Å²) >= 11 is 0. The number of carbonyl (C=O) groups is 3. The van der Waals surface area contributed by atoms with Crippen LogP contribution in [0.4, 0.5) is 0 Å². The Morgan fingerprint density at radius 1 is 0.889 bits per heavy atom. The molecular weight excluding hydrogens is 456 g/mol. The molecule has 8 nitrogen and oxygen atoms in total. The van der Waals surface area contributed by atoms with Crippen molar-refractivity contribution in [3.05, 3.63) is 125 Å². The lowest BCUT2D eigenvalue weighted by atomic mass is 10.0. The first-order valence-electron chi connectivity index (χ1n) is 11.6. The summed E-state index contributed by atoms with van der Waals surface area (Å²) in [7, 11) is 0. The van der Waals surface area contributed by atoms with Crippen LogP contribution in [0.5, 0.6) is 0 Å². The van der Waals surface area contributed by atoms with E-state index in [1.165, 1.54) is 12.1 Å². The van der Waals surface area contributed by atoms with Gasteiger partial charge >= 0.3 is 5.97 Å². The van der Waals surface area contributed by atoms with Gasteiger partial charge in [0.25, 0.3) is 11.8 Å². The summed E-state index contributed by atoms with van der Waals surface area (Å²) < 4.78 is 1.92. The molecule has 4 aromatic rings. The van der Waals surface area contributed by atoms with E-state index in [1.807, 2.05) is 53.1 Å². The van der Waals surface area contributed by atoms with E-state index in [9.17, 15) is 19.5 Å². The third-order valence-corrected chi connectivity index (χ3v) is 6.20. The van der Waals surface area contributed by atoms with Crippen molar-refractivity contribution in [1.29, 1.82) is 0 Å². The van der Waals surface area contributed by atoms with Gasteiger partial charge < -0.3 is 19.9 Å². The van der Waals surface area contributed by atoms with Gasteiger partial charge in [0.05, 0.1) is 5.56 Å². The number of nitrogens with zero attached hydrogens (tertiary/aromatic N) is 3. The maximum atomic E-state index is 13.4. The molecule has 3 aromatic carbocycles. The largest absolute Gasteiger partial charge is 0.478 e. The van der Waals surface area contributed by atoms with Crippen molar-refractivity contribution in [3.8, 4) is 0 Å². The number of fused-ring (bicyclic) bond motifs is 1. The Bertz CT molecular complexity index is 1420. The van der Waals surface area contributed by atoms with Crippen LogP contribution in [0.2, 0.25) is 0 Å². The number of carboxylic acid groups (broad SMARTS) is 1. The van der Waals surface area contributed by atoms with E-state index < -0.39 is 12.0 Å². The Morgan fingerprint density at radius 2 is 1.58 bits per heavy atom. The number of amides is 2. The molecule has 2 amide bonds. The number of hydrogen-bond donors (Lipinski definition) is 2. The first-order valence-corrected chi connectivity index (χ1v) is 11.6. The fourth-order valence-corrected chi connectivity index (χ4v) is 4.44. The van der Waals surface area contributed by atoms with Crippen molar-refractivity contribution in [2.45, 2.75) is 19.1 Å². The fraction of sp³-hybridized carbons (Fsp3) is 0.143. The average Bonchev–Trinajstić information content (AvgIpc) is 3.36. The predicted octanol–water partition coefficient (Wildman–Crippen LogP) is 3.76. The van der Waals surface area contributed by atoms with E-state index in [0.717, 1.165) is 5.56 Å². The third-order valence-electron chi connectivity index (χ3n) is 6.20. The molecule has 0 aliphatic carbocycles. The summed E-state index contributed by atoms with van der Waals surface area (Å²) in [6.07, 6.45) is 1.71. The molecule has 1 aliphatic rings. The van der Waals surface area contributed by atoms with Gasteiger partial charge in [-0.3, -0.25) is 9.59 Å². The van der Waals surface area contributed by atoms with Gasteiger partial charge in [-0.25, -0.2) is 9.78 Å². The van der Waals surface area contributed by atoms with Crippen LogP contribution in [0.25, 0.3) is 0 Å². The number of aromatic carboxylic acids is 1. The number of carbonyl (C=O) groups excluding carboxylic acids is 2. The smallest absolute Gasteiger partial charge is 0.335 e. The SMILES string of the molecule is O=C(O)c1cccc(CNC(=O)c2cn3c(n2)C(c2ccccc2)N(C(=O)c2ccccc2)CC3)c1. The topological polar surface area (TPSA) is 105 Å². The highest BCUT2D eigenvalue weighted by atomic mass is 16.4. The molecule has 1 atom stereocenters. The van der Waals surface area contributed by atoms with E-state index in [2.05, 4.69) is 10.3 Å². The Labute approximate surface area is 207 Å². The molecule has 5 rings (SSSR count). The molecule has 0 saturated carbocycles. The van der Waals surface area contributed by atoms with E-state index >= 15 is 0 Å². The van der Waals surface area contributed by atoms with Gasteiger partial charge in [0.1, 0.15) is 17.6 Å². The molecular formula is C28H24N4O4. The van der Waals surface area contributed by atoms with E-state index in [0.29, 0.717) is 30.0 Å². The normalized spacial score (nSPS) is 14.7. The van der Waals surface area contributed by atoms with Crippen LogP contribution >= 0.6 is 0 Å². The maximum Gasteiger partial charge on any atom is 0.335 e. The van der Waals surface area contributed by atoms with Crippen molar-refractivity contribution in [2.24, 2.45) is 0 Å². The van der Waals surface area contributed by atoms with Crippen molar-refractivity contribution in [3.63, 3.8) is 0 Å². The number of nitrogens with one attached hydrogen (secondary N) is 1. The second-order valence-electron chi connectivity index (χ2n) is 8.54. The predicted molar refractivity (Wildman–Crippen MR) is 133 cm³/mol. The van der Waals surface area contributed by atoms with Crippen LogP contribution < -0.4 is 5.32 Å². The Kier molecular flexibility index (Phi) is 6.32. The van der Waals surface area contributed by atoms with Gasteiger partial charge in [0.2, 0.25) is 0 Å². The van der Waals surface area contributed by atoms with E-state index in [1.54, 1.807) is 35.4 Å². The van der Waals surface area contributed by atoms with Crippen LogP contribution in [0, 0.1) is 0 Å². The number of aromatic nitrogens is 2. The van der Waals surface area contributed by atoms with Gasteiger partial charge in [0, 0.05) is 31.4 Å². The summed E-state index contributed by atoms with van der Waals surface area (Å²) in [5, 5.41) is 12.0. The Morgan fingerprint density at radius 3 is 2.31 bits per heavy atom. The van der Waals surface area contributed by atoms with Crippen LogP contribution in [0.3, 0.4) is 0 Å². The molecule has 1 aromatic heterocycles. The maximum absolute atomic E-state index is 13.4. The lowest BCUT2D eigenvalue weighted by molar-refractivity contribution is 0.0657. The molecule has 0 radical (unpaired) electrons. The molecule has 36 heavy (non-hydrogen) atoms. The third kappa shape index (κ3) is 4.61. The molecule has 0 saturated heterocycles. The standard InChI is InChI=1S/C28H24N4O4/c33-26(29-17-19-8-7-13-22(16-19)28(35)36)23-18-31-14-15-32(27(34)21-11-5-2-6-12-21)24(25(31)30-23)20-9-3-1-4-10-20/h1-13,16,18,24H,14-15,17H2,(H,29,33)(H,35,36). The average molecular weight is 481 g/mol. The molecule has 2 heterocycles. The molecule has 2 N–H and O–H groups in total. The molecule has 180 valence electrons. The van der Waals surface area contributed by atoms with E-state index in [4.69, 9.17) is 0 Å². The quantitative estimate of drug-likeness (QED) is 0.437. The number of rotatable bonds is 6. The minimum absolute atomic E-state index is 0.0944. The summed E-state index contributed by atoms with van der Waals surface area (Å²) in [5.74, 6) is -0.866. The molecule has 0 spiro atoms. The van der Waals surface area contributed by atoms with Crippen LogP contribution in [0.1, 0.15) is 54.2 Å². The van der Waals surface area contributed by atoms with Gasteiger partial charge in [0.15, 0.2) is 0 Å². The Hall–Kier alpha value is -4.72. The van der Waals surface area contributed by atoms with Crippen molar-refractivity contribution in [1.82, 2.24) is 19.8 Å². The van der Waals surface area contributed by atoms with Crippen molar-refractivity contribution in [2.75, 3.05) is 6.54 Å². The molecule has 0 fully saturated rings. The zero-order chi connectivity index (χ0) is 25.1. The van der Waals surface area contributed by atoms with Crippen LogP contribution in [0.15, 0.2) is 91.1 Å². The fourth-order valence-electron chi connectivity index (χ4n) is 4.44. The van der Waals surface area contributed by atoms with Gasteiger partial charge in [-0.15, -0.1) is 0 Å². The van der Waals surface area contributed by atoms with Crippen LogP contribution in [-0.2, 0) is 13.1 Å². The highest BCUT2D eigenvalue weighted by molar-refractivity contribution is 5.95. The Balaban J connectivity index is 1.42. The van der Waals surface area contributed by atoms with Crippen molar-refractivity contribution < 1.29 is 19.5 Å². The summed E-state index contributed by atoms with van der Waals surface area (Å²) in [5.41, 5.74) is 2.59. The number of imidazole rings is 1. The van der Waals surface area contributed by atoms with Crippen molar-refractivity contribution >= 4 is 17.8 Å². The van der Waals surface area contributed by atoms with E-state index in [-0.39, 0.29) is 29.6 Å². The lowest BCUT2D eigenvalue weighted by Gasteiger charge is -2.36. The number of carboxylic acids is 1. The zero-order valence-corrected chi connectivity index (χ0v) is 19.4. The minimum Gasteiger partial charge on any atom is -0.478 e. The lowest BCUT2D eigenvalue weighted by Crippen LogP contribution is -2.42. The number of benzene rings is 3. The highest BCUT2D eigenvalue weighted by Gasteiger charge is 2.35. The first-order chi connectivity index (χ1) is 17.5. The summed E-state index contributed by atoms with van der Waals surface area (Å²) in [4.78, 5) is 44.1. The first kappa shape index (κ1) is 23.0. The molecule has 0 bridgehead atoms. The second kappa shape index (κ2) is 9.87. The van der Waals surface area contributed by atoms with Gasteiger partial charge in [-0.1, -0.05) is 60.7 Å². The molecule has 1 unspecified atom stereocenters. The highest BCUT2D eigenvalue weighted by Crippen LogP contribution is 2.32. The summed E-state index contributed by atoms with van der Waals surface area (Å²) in [6, 6.07) is 24.8. The second-order valence-corrected chi connectivity index (χ2v) is 8.54. The molecule has 1 aliphatic heterocycles. The molecule has 8 heteroatoms. The zero-order valence-electron chi connectivity index (χ0n) is 19.4. The van der Waals surface area contributed by atoms with Crippen LogP contribution in [-0.4, -0.2) is 43.9 Å². The monoisotopic (exact) mass is 480 g/mol. The number of hydrogen-bond acceptors (Lipinski definition) is 4. The van der Waals surface area contributed by atoms with Gasteiger partial charge in [-0.05, 0) is 35.4 Å². The summed E-state index contributed by atoms with van der Waals surface area (Å²) in [6.45, 7) is 1.15. The minimum atomic E-state index is -1.02.